The first kappa shape index (κ1) is 13.8. The number of benzene rings is 1. The van der Waals surface area contributed by atoms with Crippen LogP contribution in [-0.2, 0) is 4.79 Å². The number of imide groups is 1. The van der Waals surface area contributed by atoms with Crippen LogP contribution in [0.4, 0.5) is 0 Å². The molecule has 1 aliphatic carbocycles. The van der Waals surface area contributed by atoms with Gasteiger partial charge in [0.05, 0.1) is 0 Å². The number of hydrogen-bond donors (Lipinski definition) is 0. The summed E-state index contributed by atoms with van der Waals surface area (Å²) in [7, 11) is 0. The standard InChI is InChI=1S/C16H21NO2/c1-2-15(18)17(14-11-7-4-8-12-14)16(19)13-9-5-3-6-10-13/h3,5-6,9-10,14H,2,4,7-8,11-12H2,1H3. The molecule has 1 aliphatic rings. The Bertz CT molecular complexity index is 435. The fourth-order valence-corrected chi connectivity index (χ4v) is 2.71. The van der Waals surface area contributed by atoms with Gasteiger partial charge in [-0.15, -0.1) is 0 Å². The number of hydrogen-bond acceptors (Lipinski definition) is 2. The van der Waals surface area contributed by atoms with Gasteiger partial charge in [-0.25, -0.2) is 0 Å². The van der Waals surface area contributed by atoms with E-state index in [-0.39, 0.29) is 17.9 Å². The molecule has 0 unspecified atom stereocenters. The molecule has 1 aromatic carbocycles. The minimum atomic E-state index is -0.139. The van der Waals surface area contributed by atoms with E-state index in [0.717, 1.165) is 25.7 Å². The minimum Gasteiger partial charge on any atom is -0.275 e. The summed E-state index contributed by atoms with van der Waals surface area (Å²) >= 11 is 0. The topological polar surface area (TPSA) is 37.4 Å². The van der Waals surface area contributed by atoms with Gasteiger partial charge in [0.25, 0.3) is 5.91 Å². The van der Waals surface area contributed by atoms with Crippen molar-refractivity contribution in [1.82, 2.24) is 4.90 Å². The monoisotopic (exact) mass is 259 g/mol. The van der Waals surface area contributed by atoms with Crippen LogP contribution in [0.5, 0.6) is 0 Å². The van der Waals surface area contributed by atoms with Gasteiger partial charge in [-0.3, -0.25) is 14.5 Å². The quantitative estimate of drug-likeness (QED) is 0.834. The molecular weight excluding hydrogens is 238 g/mol. The predicted molar refractivity (Wildman–Crippen MR) is 74.8 cm³/mol. The molecule has 0 aliphatic heterocycles. The van der Waals surface area contributed by atoms with Gasteiger partial charge in [-0.1, -0.05) is 44.4 Å². The second-order valence-electron chi connectivity index (χ2n) is 5.08. The number of carbonyl (C=O) groups excluding carboxylic acids is 2. The molecule has 19 heavy (non-hydrogen) atoms. The zero-order chi connectivity index (χ0) is 13.7. The second-order valence-corrected chi connectivity index (χ2v) is 5.08. The van der Waals surface area contributed by atoms with Crippen molar-refractivity contribution in [3.63, 3.8) is 0 Å². The van der Waals surface area contributed by atoms with E-state index >= 15 is 0 Å². The zero-order valence-electron chi connectivity index (χ0n) is 11.5. The van der Waals surface area contributed by atoms with Crippen molar-refractivity contribution in [2.24, 2.45) is 0 Å². The average molecular weight is 259 g/mol. The Labute approximate surface area is 114 Å². The molecule has 3 heteroatoms. The zero-order valence-corrected chi connectivity index (χ0v) is 11.5. The highest BCUT2D eigenvalue weighted by atomic mass is 16.2. The molecule has 2 amide bonds. The van der Waals surface area contributed by atoms with Crippen LogP contribution in [0.15, 0.2) is 30.3 Å². The Morgan fingerprint density at radius 2 is 1.74 bits per heavy atom. The van der Waals surface area contributed by atoms with E-state index < -0.39 is 0 Å². The van der Waals surface area contributed by atoms with E-state index in [2.05, 4.69) is 0 Å². The molecule has 102 valence electrons. The van der Waals surface area contributed by atoms with Gasteiger partial charge in [0.1, 0.15) is 0 Å². The lowest BCUT2D eigenvalue weighted by Gasteiger charge is -2.32. The molecule has 1 fully saturated rings. The summed E-state index contributed by atoms with van der Waals surface area (Å²) in [6.07, 6.45) is 5.72. The van der Waals surface area contributed by atoms with E-state index in [1.54, 1.807) is 12.1 Å². The molecule has 0 bridgehead atoms. The number of amides is 2. The second kappa shape index (κ2) is 6.50. The summed E-state index contributed by atoms with van der Waals surface area (Å²) in [4.78, 5) is 26.2. The number of carbonyl (C=O) groups is 2. The van der Waals surface area contributed by atoms with Crippen LogP contribution < -0.4 is 0 Å². The van der Waals surface area contributed by atoms with Gasteiger partial charge in [-0.05, 0) is 25.0 Å². The Morgan fingerprint density at radius 3 is 2.32 bits per heavy atom. The lowest BCUT2D eigenvalue weighted by molar-refractivity contribution is -0.130. The van der Waals surface area contributed by atoms with Crippen LogP contribution in [0, 0.1) is 0 Å². The Hall–Kier alpha value is -1.64. The molecule has 0 radical (unpaired) electrons. The molecular formula is C16H21NO2. The maximum absolute atomic E-state index is 12.5. The molecule has 0 spiro atoms. The molecule has 0 aromatic heterocycles. The molecule has 0 heterocycles. The first-order valence-corrected chi connectivity index (χ1v) is 7.15. The number of rotatable bonds is 3. The molecule has 1 aromatic rings. The van der Waals surface area contributed by atoms with Gasteiger partial charge in [0.2, 0.25) is 5.91 Å². The minimum absolute atomic E-state index is 0.0549. The molecule has 0 saturated heterocycles. The molecule has 0 N–H and O–H groups in total. The number of nitrogens with zero attached hydrogens (tertiary/aromatic N) is 1. The van der Waals surface area contributed by atoms with Gasteiger partial charge in [0.15, 0.2) is 0 Å². The fourth-order valence-electron chi connectivity index (χ4n) is 2.71. The van der Waals surface area contributed by atoms with E-state index in [0.29, 0.717) is 12.0 Å². The normalized spacial score (nSPS) is 16.1. The van der Waals surface area contributed by atoms with Crippen molar-refractivity contribution in [2.75, 3.05) is 0 Å². The molecule has 3 nitrogen and oxygen atoms in total. The SMILES string of the molecule is CCC(=O)N(C(=O)c1ccccc1)C1CCCCC1. The lowest BCUT2D eigenvalue weighted by Crippen LogP contribution is -2.45. The first-order chi connectivity index (χ1) is 9.24. The summed E-state index contributed by atoms with van der Waals surface area (Å²) in [6.45, 7) is 1.82. The van der Waals surface area contributed by atoms with Crippen LogP contribution in [0.1, 0.15) is 55.8 Å². The smallest absolute Gasteiger partial charge is 0.260 e. The third kappa shape index (κ3) is 3.22. The van der Waals surface area contributed by atoms with Crippen LogP contribution >= 0.6 is 0 Å². The van der Waals surface area contributed by atoms with E-state index in [4.69, 9.17) is 0 Å². The van der Waals surface area contributed by atoms with Crippen LogP contribution in [0.2, 0.25) is 0 Å². The van der Waals surface area contributed by atoms with Crippen molar-refractivity contribution in [1.29, 1.82) is 0 Å². The van der Waals surface area contributed by atoms with Crippen molar-refractivity contribution in [3.8, 4) is 0 Å². The van der Waals surface area contributed by atoms with Crippen LogP contribution in [0.3, 0.4) is 0 Å². The Morgan fingerprint density at radius 1 is 1.11 bits per heavy atom. The summed E-state index contributed by atoms with van der Waals surface area (Å²) in [5.41, 5.74) is 0.606. The highest BCUT2D eigenvalue weighted by Gasteiger charge is 2.30. The van der Waals surface area contributed by atoms with Gasteiger partial charge in [-0.2, -0.15) is 0 Å². The highest BCUT2D eigenvalue weighted by Crippen LogP contribution is 2.24. The fraction of sp³-hybridized carbons (Fsp3) is 0.500. The molecule has 0 atom stereocenters. The maximum Gasteiger partial charge on any atom is 0.260 e. The van der Waals surface area contributed by atoms with Crippen molar-refractivity contribution in [3.05, 3.63) is 35.9 Å². The maximum atomic E-state index is 12.5. The molecule has 1 saturated carbocycles. The summed E-state index contributed by atoms with van der Waals surface area (Å²) in [5, 5.41) is 0. The van der Waals surface area contributed by atoms with Gasteiger partial charge >= 0.3 is 0 Å². The summed E-state index contributed by atoms with van der Waals surface area (Å²) in [6, 6.07) is 9.20. The lowest BCUT2D eigenvalue weighted by atomic mass is 9.93. The highest BCUT2D eigenvalue weighted by molar-refractivity contribution is 6.04. The first-order valence-electron chi connectivity index (χ1n) is 7.15. The Kier molecular flexibility index (Phi) is 4.72. The van der Waals surface area contributed by atoms with Gasteiger partial charge in [0, 0.05) is 18.0 Å². The van der Waals surface area contributed by atoms with E-state index in [9.17, 15) is 9.59 Å². The predicted octanol–water partition coefficient (Wildman–Crippen LogP) is 3.40. The molecule has 2 rings (SSSR count). The van der Waals surface area contributed by atoms with E-state index in [1.165, 1.54) is 11.3 Å². The largest absolute Gasteiger partial charge is 0.275 e. The summed E-state index contributed by atoms with van der Waals surface area (Å²) in [5.74, 6) is -0.194. The van der Waals surface area contributed by atoms with Crippen molar-refractivity contribution in [2.45, 2.75) is 51.5 Å². The van der Waals surface area contributed by atoms with Crippen molar-refractivity contribution < 1.29 is 9.59 Å². The van der Waals surface area contributed by atoms with Crippen molar-refractivity contribution >= 4 is 11.8 Å². The Balaban J connectivity index is 2.22. The third-order valence-corrected chi connectivity index (χ3v) is 3.75. The van der Waals surface area contributed by atoms with Gasteiger partial charge < -0.3 is 0 Å². The average Bonchev–Trinajstić information content (AvgIpc) is 2.49. The van der Waals surface area contributed by atoms with Crippen LogP contribution in [0.25, 0.3) is 0 Å². The third-order valence-electron chi connectivity index (χ3n) is 3.75. The van der Waals surface area contributed by atoms with Crippen LogP contribution in [-0.4, -0.2) is 22.8 Å². The summed E-state index contributed by atoms with van der Waals surface area (Å²) < 4.78 is 0. The van der Waals surface area contributed by atoms with E-state index in [1.807, 2.05) is 25.1 Å².